The summed E-state index contributed by atoms with van der Waals surface area (Å²) < 4.78 is 6.69. The Balaban J connectivity index is 1.99. The van der Waals surface area contributed by atoms with Crippen LogP contribution in [-0.2, 0) is 24.9 Å². The molecule has 2 aromatic rings. The SMILES string of the molecule is COCc1cccc(CNc2nnnn2C)c1. The van der Waals surface area contributed by atoms with Crippen LogP contribution in [0.15, 0.2) is 24.3 Å². The van der Waals surface area contributed by atoms with E-state index in [1.54, 1.807) is 18.8 Å². The molecule has 1 heterocycles. The number of anilines is 1. The molecule has 0 aliphatic heterocycles. The van der Waals surface area contributed by atoms with Crippen molar-refractivity contribution in [1.82, 2.24) is 20.2 Å². The number of tetrazole rings is 1. The Labute approximate surface area is 99.6 Å². The van der Waals surface area contributed by atoms with Crippen LogP contribution in [0.2, 0.25) is 0 Å². The fourth-order valence-electron chi connectivity index (χ4n) is 1.56. The van der Waals surface area contributed by atoms with Crippen LogP contribution in [-0.4, -0.2) is 27.3 Å². The van der Waals surface area contributed by atoms with Gasteiger partial charge < -0.3 is 10.1 Å². The van der Waals surface area contributed by atoms with E-state index in [1.807, 2.05) is 12.1 Å². The van der Waals surface area contributed by atoms with Crippen molar-refractivity contribution in [2.45, 2.75) is 13.2 Å². The topological polar surface area (TPSA) is 64.9 Å². The first-order valence-corrected chi connectivity index (χ1v) is 5.32. The zero-order valence-electron chi connectivity index (χ0n) is 9.92. The average Bonchev–Trinajstić information content (AvgIpc) is 2.73. The molecule has 0 unspecified atom stereocenters. The van der Waals surface area contributed by atoms with Crippen LogP contribution in [0, 0.1) is 0 Å². The first-order valence-electron chi connectivity index (χ1n) is 5.32. The molecular formula is C11H15N5O. The molecule has 0 spiro atoms. The standard InChI is InChI=1S/C11H15N5O/c1-16-11(13-14-15-16)12-7-9-4-3-5-10(6-9)8-17-2/h3-6H,7-8H2,1-2H3,(H,12,13,15). The van der Waals surface area contributed by atoms with Crippen molar-refractivity contribution in [1.29, 1.82) is 0 Å². The minimum absolute atomic E-state index is 0.624. The van der Waals surface area contributed by atoms with Crippen molar-refractivity contribution in [2.24, 2.45) is 7.05 Å². The van der Waals surface area contributed by atoms with Gasteiger partial charge in [-0.15, -0.1) is 0 Å². The first-order chi connectivity index (χ1) is 8.29. The molecule has 0 radical (unpaired) electrons. The summed E-state index contributed by atoms with van der Waals surface area (Å²) in [5.41, 5.74) is 2.32. The summed E-state index contributed by atoms with van der Waals surface area (Å²) in [6, 6.07) is 8.20. The maximum absolute atomic E-state index is 5.10. The van der Waals surface area contributed by atoms with Gasteiger partial charge >= 0.3 is 0 Å². The number of aryl methyl sites for hydroxylation is 1. The molecule has 0 aliphatic rings. The predicted molar refractivity (Wildman–Crippen MR) is 63.3 cm³/mol. The molecule has 0 saturated heterocycles. The van der Waals surface area contributed by atoms with E-state index in [0.717, 1.165) is 5.56 Å². The van der Waals surface area contributed by atoms with E-state index in [0.29, 0.717) is 19.1 Å². The zero-order chi connectivity index (χ0) is 12.1. The lowest BCUT2D eigenvalue weighted by Gasteiger charge is -2.06. The second kappa shape index (κ2) is 5.40. The smallest absolute Gasteiger partial charge is 0.242 e. The molecule has 1 N–H and O–H groups in total. The lowest BCUT2D eigenvalue weighted by atomic mass is 10.1. The highest BCUT2D eigenvalue weighted by atomic mass is 16.5. The van der Waals surface area contributed by atoms with Crippen molar-refractivity contribution in [2.75, 3.05) is 12.4 Å². The van der Waals surface area contributed by atoms with Crippen molar-refractivity contribution in [3.05, 3.63) is 35.4 Å². The fourth-order valence-corrected chi connectivity index (χ4v) is 1.56. The van der Waals surface area contributed by atoms with Gasteiger partial charge in [0.2, 0.25) is 5.95 Å². The molecule has 1 aromatic carbocycles. The summed E-state index contributed by atoms with van der Waals surface area (Å²) in [5.74, 6) is 0.655. The number of nitrogens with one attached hydrogen (secondary N) is 1. The Morgan fingerprint density at radius 3 is 2.88 bits per heavy atom. The summed E-state index contributed by atoms with van der Waals surface area (Å²) in [7, 11) is 3.49. The molecule has 0 bridgehead atoms. The van der Waals surface area contributed by atoms with Crippen molar-refractivity contribution in [3.63, 3.8) is 0 Å². The highest BCUT2D eigenvalue weighted by Gasteiger charge is 2.01. The third-order valence-electron chi connectivity index (χ3n) is 2.37. The number of ether oxygens (including phenoxy) is 1. The second-order valence-corrected chi connectivity index (χ2v) is 3.73. The van der Waals surface area contributed by atoms with Crippen LogP contribution in [0.25, 0.3) is 0 Å². The van der Waals surface area contributed by atoms with Gasteiger partial charge in [-0.25, -0.2) is 4.68 Å². The van der Waals surface area contributed by atoms with Gasteiger partial charge in [-0.2, -0.15) is 0 Å². The third-order valence-corrected chi connectivity index (χ3v) is 2.37. The molecule has 90 valence electrons. The minimum atomic E-state index is 0.624. The van der Waals surface area contributed by atoms with Gasteiger partial charge in [-0.3, -0.25) is 0 Å². The van der Waals surface area contributed by atoms with E-state index < -0.39 is 0 Å². The first kappa shape index (κ1) is 11.5. The van der Waals surface area contributed by atoms with Gasteiger partial charge in [0.15, 0.2) is 0 Å². The van der Waals surface area contributed by atoms with Crippen LogP contribution in [0.5, 0.6) is 0 Å². The molecule has 0 aliphatic carbocycles. The minimum Gasteiger partial charge on any atom is -0.380 e. The number of nitrogens with zero attached hydrogens (tertiary/aromatic N) is 4. The largest absolute Gasteiger partial charge is 0.380 e. The summed E-state index contributed by atoms with van der Waals surface area (Å²) in [4.78, 5) is 0. The maximum atomic E-state index is 5.10. The highest BCUT2D eigenvalue weighted by molar-refractivity contribution is 5.28. The molecule has 6 heteroatoms. The Morgan fingerprint density at radius 1 is 1.35 bits per heavy atom. The summed E-state index contributed by atoms with van der Waals surface area (Å²) in [6.07, 6.45) is 0. The summed E-state index contributed by atoms with van der Waals surface area (Å²) in [5, 5.41) is 14.3. The molecule has 0 amide bonds. The zero-order valence-corrected chi connectivity index (χ0v) is 9.92. The third kappa shape index (κ3) is 3.01. The van der Waals surface area contributed by atoms with Gasteiger partial charge in [-0.05, 0) is 21.6 Å². The van der Waals surface area contributed by atoms with E-state index in [1.165, 1.54) is 5.56 Å². The molecule has 0 fully saturated rings. The molecule has 17 heavy (non-hydrogen) atoms. The Hall–Kier alpha value is -1.95. The number of hydrogen-bond donors (Lipinski definition) is 1. The van der Waals surface area contributed by atoms with E-state index in [2.05, 4.69) is 33.0 Å². The molecule has 6 nitrogen and oxygen atoms in total. The van der Waals surface area contributed by atoms with E-state index in [9.17, 15) is 0 Å². The van der Waals surface area contributed by atoms with Gasteiger partial charge in [0.05, 0.1) is 6.61 Å². The van der Waals surface area contributed by atoms with Crippen LogP contribution in [0.1, 0.15) is 11.1 Å². The quantitative estimate of drug-likeness (QED) is 0.833. The van der Waals surface area contributed by atoms with Gasteiger partial charge in [0.25, 0.3) is 0 Å². The maximum Gasteiger partial charge on any atom is 0.242 e. The average molecular weight is 233 g/mol. The van der Waals surface area contributed by atoms with Gasteiger partial charge in [-0.1, -0.05) is 29.4 Å². The van der Waals surface area contributed by atoms with E-state index >= 15 is 0 Å². The fraction of sp³-hybridized carbons (Fsp3) is 0.364. The number of benzene rings is 1. The molecule has 0 atom stereocenters. The number of hydrogen-bond acceptors (Lipinski definition) is 5. The number of aromatic nitrogens is 4. The molecular weight excluding hydrogens is 218 g/mol. The second-order valence-electron chi connectivity index (χ2n) is 3.73. The normalized spacial score (nSPS) is 10.5. The molecule has 1 aromatic heterocycles. The van der Waals surface area contributed by atoms with E-state index in [4.69, 9.17) is 4.74 Å². The van der Waals surface area contributed by atoms with Crippen LogP contribution < -0.4 is 5.32 Å². The molecule has 0 saturated carbocycles. The highest BCUT2D eigenvalue weighted by Crippen LogP contribution is 2.08. The Morgan fingerprint density at radius 2 is 2.18 bits per heavy atom. The van der Waals surface area contributed by atoms with E-state index in [-0.39, 0.29) is 0 Å². The lowest BCUT2D eigenvalue weighted by Crippen LogP contribution is -2.06. The predicted octanol–water partition coefficient (Wildman–Crippen LogP) is 0.969. The van der Waals surface area contributed by atoms with Crippen molar-refractivity contribution >= 4 is 5.95 Å². The summed E-state index contributed by atoms with van der Waals surface area (Å²) in [6.45, 7) is 1.31. The van der Waals surface area contributed by atoms with Gasteiger partial charge in [0.1, 0.15) is 0 Å². The Bertz CT molecular complexity index is 482. The molecule has 2 rings (SSSR count). The van der Waals surface area contributed by atoms with Crippen molar-refractivity contribution in [3.8, 4) is 0 Å². The van der Waals surface area contributed by atoms with Crippen LogP contribution in [0.3, 0.4) is 0 Å². The monoisotopic (exact) mass is 233 g/mol. The Kier molecular flexibility index (Phi) is 3.66. The number of rotatable bonds is 5. The lowest BCUT2D eigenvalue weighted by molar-refractivity contribution is 0.185. The van der Waals surface area contributed by atoms with Crippen LogP contribution in [0.4, 0.5) is 5.95 Å². The van der Waals surface area contributed by atoms with Gasteiger partial charge in [0, 0.05) is 20.7 Å². The van der Waals surface area contributed by atoms with Crippen LogP contribution >= 0.6 is 0 Å². The number of methoxy groups -OCH3 is 1. The summed E-state index contributed by atoms with van der Waals surface area (Å²) >= 11 is 0. The van der Waals surface area contributed by atoms with Crippen molar-refractivity contribution < 1.29 is 4.74 Å².